The zero-order valence-electron chi connectivity index (χ0n) is 19.0. The third-order valence-corrected chi connectivity index (χ3v) is 5.41. The van der Waals surface area contributed by atoms with Gasteiger partial charge in [0.2, 0.25) is 11.9 Å². The molecule has 0 atom stereocenters. The number of amides is 1. The number of hydrogen-bond acceptors (Lipinski definition) is 8. The van der Waals surface area contributed by atoms with Crippen molar-refractivity contribution in [3.8, 4) is 0 Å². The highest BCUT2D eigenvalue weighted by atomic mass is 19.1. The van der Waals surface area contributed by atoms with Gasteiger partial charge in [-0.2, -0.15) is 15.0 Å². The van der Waals surface area contributed by atoms with Gasteiger partial charge in [0.1, 0.15) is 17.5 Å². The van der Waals surface area contributed by atoms with Crippen molar-refractivity contribution in [2.24, 2.45) is 0 Å². The standard InChI is InChI=1S/C23H27FN8O/c1-4-19-27-22(30-23(29-19)32-11-9-31(3)10-12-32)28-20-14-16(7-8-25-20)21(33)26-18-6-5-15(2)13-17(18)24/h5-8,13-14H,4,9-12H2,1-3H3,(H,26,33)(H,25,27,28,29,30). The maximum absolute atomic E-state index is 14.1. The van der Waals surface area contributed by atoms with Crippen LogP contribution in [-0.2, 0) is 6.42 Å². The number of rotatable bonds is 6. The van der Waals surface area contributed by atoms with Gasteiger partial charge in [0.05, 0.1) is 5.69 Å². The number of aromatic nitrogens is 4. The van der Waals surface area contributed by atoms with E-state index >= 15 is 0 Å². The van der Waals surface area contributed by atoms with Gasteiger partial charge in [-0.3, -0.25) is 4.79 Å². The summed E-state index contributed by atoms with van der Waals surface area (Å²) in [7, 11) is 2.09. The lowest BCUT2D eigenvalue weighted by Gasteiger charge is -2.32. The Labute approximate surface area is 192 Å². The Morgan fingerprint density at radius 2 is 1.88 bits per heavy atom. The van der Waals surface area contributed by atoms with Crippen LogP contribution in [0.15, 0.2) is 36.5 Å². The number of likely N-dealkylation sites (N-methyl/N-ethyl adjacent to an activating group) is 1. The van der Waals surface area contributed by atoms with Crippen LogP contribution in [0.5, 0.6) is 0 Å². The van der Waals surface area contributed by atoms with E-state index in [1.807, 2.05) is 6.92 Å². The highest BCUT2D eigenvalue weighted by molar-refractivity contribution is 6.04. The van der Waals surface area contributed by atoms with Crippen LogP contribution in [0.2, 0.25) is 0 Å². The van der Waals surface area contributed by atoms with Gasteiger partial charge in [0.15, 0.2) is 0 Å². The molecule has 0 spiro atoms. The first-order valence-corrected chi connectivity index (χ1v) is 10.9. The summed E-state index contributed by atoms with van der Waals surface area (Å²) in [5, 5.41) is 5.68. The Balaban J connectivity index is 1.52. The van der Waals surface area contributed by atoms with Crippen molar-refractivity contribution in [2.75, 3.05) is 48.8 Å². The maximum Gasteiger partial charge on any atom is 0.255 e. The van der Waals surface area contributed by atoms with Gasteiger partial charge >= 0.3 is 0 Å². The number of aryl methyl sites for hydroxylation is 2. The molecule has 10 heteroatoms. The average Bonchev–Trinajstić information content (AvgIpc) is 2.81. The van der Waals surface area contributed by atoms with Crippen molar-refractivity contribution in [3.05, 3.63) is 59.3 Å². The molecule has 1 fully saturated rings. The van der Waals surface area contributed by atoms with Gasteiger partial charge < -0.3 is 20.4 Å². The quantitative estimate of drug-likeness (QED) is 0.591. The van der Waals surface area contributed by atoms with Gasteiger partial charge in [-0.25, -0.2) is 9.37 Å². The Morgan fingerprint density at radius 3 is 2.61 bits per heavy atom. The summed E-state index contributed by atoms with van der Waals surface area (Å²) in [5.41, 5.74) is 1.23. The summed E-state index contributed by atoms with van der Waals surface area (Å²) in [5.74, 6) is 1.15. The van der Waals surface area contributed by atoms with Crippen LogP contribution >= 0.6 is 0 Å². The van der Waals surface area contributed by atoms with Crippen LogP contribution in [0.25, 0.3) is 0 Å². The van der Waals surface area contributed by atoms with E-state index in [9.17, 15) is 9.18 Å². The molecule has 2 N–H and O–H groups in total. The van der Waals surface area contributed by atoms with Crippen LogP contribution in [-0.4, -0.2) is 64.0 Å². The monoisotopic (exact) mass is 450 g/mol. The molecule has 1 aliphatic heterocycles. The summed E-state index contributed by atoms with van der Waals surface area (Å²) < 4.78 is 14.1. The Morgan fingerprint density at radius 1 is 1.09 bits per heavy atom. The van der Waals surface area contributed by atoms with Gasteiger partial charge in [-0.05, 0) is 43.8 Å². The SMILES string of the molecule is CCc1nc(Nc2cc(C(=O)Nc3ccc(C)cc3F)ccn2)nc(N2CCN(C)CC2)n1. The van der Waals surface area contributed by atoms with Crippen LogP contribution in [0.4, 0.5) is 27.8 Å². The lowest BCUT2D eigenvalue weighted by Crippen LogP contribution is -2.45. The second kappa shape index (κ2) is 9.86. The van der Waals surface area contributed by atoms with E-state index in [1.165, 1.54) is 12.3 Å². The van der Waals surface area contributed by atoms with Gasteiger partial charge in [0.25, 0.3) is 5.91 Å². The smallest absolute Gasteiger partial charge is 0.255 e. The van der Waals surface area contributed by atoms with E-state index in [0.717, 1.165) is 31.7 Å². The fourth-order valence-corrected chi connectivity index (χ4v) is 3.44. The van der Waals surface area contributed by atoms with Crippen LogP contribution in [0.3, 0.4) is 0 Å². The van der Waals surface area contributed by atoms with E-state index < -0.39 is 11.7 Å². The summed E-state index contributed by atoms with van der Waals surface area (Å²) in [6, 6.07) is 7.79. The fraction of sp³-hybridized carbons (Fsp3) is 0.348. The van der Waals surface area contributed by atoms with E-state index in [4.69, 9.17) is 0 Å². The predicted octanol–water partition coefficient (Wildman–Crippen LogP) is 3.02. The molecule has 3 aromatic rings. The van der Waals surface area contributed by atoms with E-state index in [-0.39, 0.29) is 5.69 Å². The topological polar surface area (TPSA) is 99.2 Å². The van der Waals surface area contributed by atoms with E-state index in [1.54, 1.807) is 31.2 Å². The normalized spacial score (nSPS) is 14.2. The second-order valence-electron chi connectivity index (χ2n) is 8.01. The molecular formula is C23H27FN8O. The van der Waals surface area contributed by atoms with Crippen molar-refractivity contribution >= 4 is 29.3 Å². The van der Waals surface area contributed by atoms with Crippen molar-refractivity contribution in [1.29, 1.82) is 0 Å². The zero-order chi connectivity index (χ0) is 23.4. The number of carbonyl (C=O) groups excluding carboxylic acids is 1. The molecule has 1 amide bonds. The molecule has 1 aliphatic rings. The zero-order valence-corrected chi connectivity index (χ0v) is 19.0. The molecule has 2 aromatic heterocycles. The number of pyridine rings is 1. The van der Waals surface area contributed by atoms with Crippen molar-refractivity contribution in [3.63, 3.8) is 0 Å². The molecule has 4 rings (SSSR count). The minimum Gasteiger partial charge on any atom is -0.338 e. The largest absolute Gasteiger partial charge is 0.338 e. The number of nitrogens with zero attached hydrogens (tertiary/aromatic N) is 6. The Kier molecular flexibility index (Phi) is 6.74. The summed E-state index contributed by atoms with van der Waals surface area (Å²) in [4.78, 5) is 34.9. The first-order chi connectivity index (χ1) is 15.9. The molecule has 0 saturated carbocycles. The minimum absolute atomic E-state index is 0.124. The molecule has 3 heterocycles. The minimum atomic E-state index is -0.482. The predicted molar refractivity (Wildman–Crippen MR) is 126 cm³/mol. The lowest BCUT2D eigenvalue weighted by molar-refractivity contribution is 0.102. The molecule has 172 valence electrons. The molecule has 33 heavy (non-hydrogen) atoms. The molecule has 1 aromatic carbocycles. The highest BCUT2D eigenvalue weighted by Gasteiger charge is 2.19. The molecule has 0 unspecified atom stereocenters. The molecule has 0 radical (unpaired) electrons. The number of carbonyl (C=O) groups is 1. The number of benzene rings is 1. The summed E-state index contributed by atoms with van der Waals surface area (Å²) in [6.45, 7) is 7.33. The molecular weight excluding hydrogens is 423 g/mol. The number of halogens is 1. The Hall–Kier alpha value is -3.66. The number of anilines is 4. The second-order valence-corrected chi connectivity index (χ2v) is 8.01. The molecule has 1 saturated heterocycles. The van der Waals surface area contributed by atoms with E-state index in [0.29, 0.717) is 35.5 Å². The third-order valence-electron chi connectivity index (χ3n) is 5.41. The number of piperazine rings is 1. The first-order valence-electron chi connectivity index (χ1n) is 10.9. The molecule has 0 bridgehead atoms. The van der Waals surface area contributed by atoms with Crippen LogP contribution in [0, 0.1) is 12.7 Å². The number of hydrogen-bond donors (Lipinski definition) is 2. The van der Waals surface area contributed by atoms with Gasteiger partial charge in [-0.15, -0.1) is 0 Å². The molecule has 0 aliphatic carbocycles. The maximum atomic E-state index is 14.1. The fourth-order valence-electron chi connectivity index (χ4n) is 3.44. The number of nitrogens with one attached hydrogen (secondary N) is 2. The average molecular weight is 451 g/mol. The van der Waals surface area contributed by atoms with Crippen molar-refractivity contribution in [1.82, 2.24) is 24.8 Å². The van der Waals surface area contributed by atoms with Gasteiger partial charge in [0, 0.05) is 44.4 Å². The van der Waals surface area contributed by atoms with Gasteiger partial charge in [-0.1, -0.05) is 13.0 Å². The Bertz CT molecular complexity index is 1150. The third kappa shape index (κ3) is 5.58. The van der Waals surface area contributed by atoms with Crippen LogP contribution in [0.1, 0.15) is 28.7 Å². The lowest BCUT2D eigenvalue weighted by atomic mass is 10.2. The summed E-state index contributed by atoms with van der Waals surface area (Å²) in [6.07, 6.45) is 2.17. The molecule has 9 nitrogen and oxygen atoms in total. The van der Waals surface area contributed by atoms with E-state index in [2.05, 4.69) is 47.4 Å². The summed E-state index contributed by atoms with van der Waals surface area (Å²) >= 11 is 0. The van der Waals surface area contributed by atoms with Crippen molar-refractivity contribution < 1.29 is 9.18 Å². The van der Waals surface area contributed by atoms with Crippen LogP contribution < -0.4 is 15.5 Å². The first kappa shape index (κ1) is 22.5. The highest BCUT2D eigenvalue weighted by Crippen LogP contribution is 2.19. The van der Waals surface area contributed by atoms with Crippen molar-refractivity contribution in [2.45, 2.75) is 20.3 Å².